The van der Waals surface area contributed by atoms with Crippen molar-refractivity contribution in [1.82, 2.24) is 14.2 Å². The molecule has 1 aromatic heterocycles. The Bertz CT molecular complexity index is 1400. The lowest BCUT2D eigenvalue weighted by atomic mass is 10.0. The van der Waals surface area contributed by atoms with Crippen molar-refractivity contribution in [2.45, 2.75) is 63.3 Å². The van der Waals surface area contributed by atoms with Gasteiger partial charge in [-0.1, -0.05) is 37.7 Å². The third-order valence-corrected chi connectivity index (χ3v) is 11.0. The number of amides is 1. The molecule has 1 atom stereocenters. The van der Waals surface area contributed by atoms with Crippen molar-refractivity contribution in [1.29, 1.82) is 0 Å². The molecule has 0 spiro atoms. The van der Waals surface area contributed by atoms with Gasteiger partial charge in [0.25, 0.3) is 5.91 Å². The Morgan fingerprint density at radius 3 is 2.58 bits per heavy atom. The number of hydrogen-bond acceptors (Lipinski definition) is 7. The number of fused-ring (bicyclic) bond motifs is 1. The zero-order valence-corrected chi connectivity index (χ0v) is 25.2. The van der Waals surface area contributed by atoms with E-state index in [0.29, 0.717) is 23.8 Å². The number of benzene rings is 2. The number of hydrogen-bond donors (Lipinski definition) is 0. The summed E-state index contributed by atoms with van der Waals surface area (Å²) in [5.41, 5.74) is 2.59. The summed E-state index contributed by atoms with van der Waals surface area (Å²) in [6.45, 7) is 9.42. The highest BCUT2D eigenvalue weighted by atomic mass is 32.2. The molecule has 2 saturated heterocycles. The zero-order valence-electron chi connectivity index (χ0n) is 23.5. The van der Waals surface area contributed by atoms with Crippen LogP contribution in [0.4, 0.5) is 5.13 Å². The fourth-order valence-corrected chi connectivity index (χ4v) is 8.43. The lowest BCUT2D eigenvalue weighted by Gasteiger charge is -2.34. The highest BCUT2D eigenvalue weighted by Crippen LogP contribution is 2.32. The van der Waals surface area contributed by atoms with Gasteiger partial charge in [0.2, 0.25) is 10.0 Å². The van der Waals surface area contributed by atoms with Gasteiger partial charge in [-0.15, -0.1) is 0 Å². The Labute approximate surface area is 242 Å². The van der Waals surface area contributed by atoms with Gasteiger partial charge in [-0.2, -0.15) is 4.31 Å². The van der Waals surface area contributed by atoms with Crippen molar-refractivity contribution in [3.05, 3.63) is 53.6 Å². The topological polar surface area (TPSA) is 83.0 Å². The fourth-order valence-electron chi connectivity index (χ4n) is 5.61. The Morgan fingerprint density at radius 2 is 1.85 bits per heavy atom. The molecule has 1 amide bonds. The number of sulfonamides is 1. The van der Waals surface area contributed by atoms with E-state index in [-0.39, 0.29) is 16.8 Å². The molecule has 2 fully saturated rings. The molecule has 2 aliphatic rings. The standard InChI is InChI=1S/C30H40N4O4S2/c1-3-23-9-14-27-28(22-23)39-30(31-27)33(16-7-15-32-18-20-38-21-19-32)29(35)24-10-12-26(13-11-24)40(36,37)34-17-6-5-8-25(34)4-2/h9-14,22,25H,3-8,15-21H2,1-2H3. The third kappa shape index (κ3) is 6.41. The molecule has 0 bridgehead atoms. The van der Waals surface area contributed by atoms with E-state index in [1.54, 1.807) is 33.5 Å². The minimum absolute atomic E-state index is 0.0364. The average Bonchev–Trinajstić information content (AvgIpc) is 3.42. The molecule has 2 aliphatic heterocycles. The molecule has 0 N–H and O–H groups in total. The summed E-state index contributed by atoms with van der Waals surface area (Å²) in [4.78, 5) is 23.1. The zero-order chi connectivity index (χ0) is 28.1. The van der Waals surface area contributed by atoms with Crippen molar-refractivity contribution in [2.24, 2.45) is 0 Å². The molecule has 0 radical (unpaired) electrons. The number of carbonyl (C=O) groups excluding carboxylic acids is 1. The lowest BCUT2D eigenvalue weighted by Crippen LogP contribution is -2.43. The van der Waals surface area contributed by atoms with Crippen molar-refractivity contribution < 1.29 is 17.9 Å². The number of carbonyl (C=O) groups is 1. The van der Waals surface area contributed by atoms with Gasteiger partial charge in [-0.05, 0) is 74.1 Å². The maximum Gasteiger partial charge on any atom is 0.260 e. The molecular formula is C30H40N4O4S2. The Balaban J connectivity index is 1.38. The molecule has 40 heavy (non-hydrogen) atoms. The van der Waals surface area contributed by atoms with Crippen molar-refractivity contribution >= 4 is 42.6 Å². The monoisotopic (exact) mass is 584 g/mol. The second-order valence-corrected chi connectivity index (χ2v) is 13.5. The van der Waals surface area contributed by atoms with Crippen LogP contribution < -0.4 is 4.90 Å². The van der Waals surface area contributed by atoms with E-state index in [1.165, 1.54) is 16.9 Å². The first-order valence-electron chi connectivity index (χ1n) is 14.5. The highest BCUT2D eigenvalue weighted by molar-refractivity contribution is 7.89. The van der Waals surface area contributed by atoms with Crippen LogP contribution in [-0.4, -0.2) is 80.5 Å². The van der Waals surface area contributed by atoms with Crippen LogP contribution in [0.3, 0.4) is 0 Å². The molecule has 216 valence electrons. The molecule has 3 aromatic rings. The minimum Gasteiger partial charge on any atom is -0.379 e. The van der Waals surface area contributed by atoms with E-state index in [9.17, 15) is 13.2 Å². The van der Waals surface area contributed by atoms with Gasteiger partial charge in [0.1, 0.15) is 0 Å². The van der Waals surface area contributed by atoms with Crippen LogP contribution in [0.25, 0.3) is 10.2 Å². The number of aromatic nitrogens is 1. The van der Waals surface area contributed by atoms with Crippen molar-refractivity contribution in [2.75, 3.05) is 50.8 Å². The number of thiazole rings is 1. The molecule has 10 heteroatoms. The smallest absolute Gasteiger partial charge is 0.260 e. The van der Waals surface area contributed by atoms with E-state index >= 15 is 0 Å². The first-order chi connectivity index (χ1) is 19.4. The van der Waals surface area contributed by atoms with Gasteiger partial charge in [0.15, 0.2) is 5.13 Å². The molecule has 0 aliphatic carbocycles. The Hall–Kier alpha value is -2.37. The van der Waals surface area contributed by atoms with Crippen LogP contribution in [0.2, 0.25) is 0 Å². The molecule has 2 aromatic carbocycles. The number of aryl methyl sites for hydroxylation is 1. The van der Waals surface area contributed by atoms with Crippen LogP contribution in [0.1, 0.15) is 61.9 Å². The summed E-state index contributed by atoms with van der Waals surface area (Å²) in [7, 11) is -3.61. The van der Waals surface area contributed by atoms with Crippen LogP contribution in [0.15, 0.2) is 47.4 Å². The Morgan fingerprint density at radius 1 is 1.07 bits per heavy atom. The summed E-state index contributed by atoms with van der Waals surface area (Å²) >= 11 is 1.53. The molecular weight excluding hydrogens is 544 g/mol. The molecule has 8 nitrogen and oxygen atoms in total. The van der Waals surface area contributed by atoms with E-state index in [2.05, 4.69) is 24.0 Å². The number of piperidine rings is 1. The van der Waals surface area contributed by atoms with E-state index in [1.807, 2.05) is 13.0 Å². The van der Waals surface area contributed by atoms with Crippen LogP contribution in [-0.2, 0) is 21.2 Å². The number of nitrogens with zero attached hydrogens (tertiary/aromatic N) is 4. The third-order valence-electron chi connectivity index (χ3n) is 8.04. The Kier molecular flexibility index (Phi) is 9.53. The van der Waals surface area contributed by atoms with E-state index in [4.69, 9.17) is 9.72 Å². The number of anilines is 1. The first kappa shape index (κ1) is 29.1. The van der Waals surface area contributed by atoms with Gasteiger partial charge in [0, 0.05) is 44.3 Å². The quantitative estimate of drug-likeness (QED) is 0.327. The summed E-state index contributed by atoms with van der Waals surface area (Å²) in [5.74, 6) is -0.162. The van der Waals surface area contributed by atoms with Gasteiger partial charge in [-0.25, -0.2) is 13.4 Å². The van der Waals surface area contributed by atoms with Gasteiger partial charge in [-0.3, -0.25) is 14.6 Å². The second kappa shape index (κ2) is 13.1. The normalized spacial score (nSPS) is 19.2. The predicted octanol–water partition coefficient (Wildman–Crippen LogP) is 5.18. The maximum absolute atomic E-state index is 13.9. The molecule has 3 heterocycles. The summed E-state index contributed by atoms with van der Waals surface area (Å²) in [6.07, 6.45) is 5.39. The summed E-state index contributed by atoms with van der Waals surface area (Å²) in [6, 6.07) is 12.8. The largest absolute Gasteiger partial charge is 0.379 e. The van der Waals surface area contributed by atoms with E-state index in [0.717, 1.165) is 81.6 Å². The average molecular weight is 585 g/mol. The van der Waals surface area contributed by atoms with Crippen LogP contribution >= 0.6 is 11.3 Å². The highest BCUT2D eigenvalue weighted by Gasteiger charge is 2.32. The van der Waals surface area contributed by atoms with Gasteiger partial charge in [0.05, 0.1) is 28.3 Å². The van der Waals surface area contributed by atoms with Gasteiger partial charge < -0.3 is 4.74 Å². The predicted molar refractivity (Wildman–Crippen MR) is 161 cm³/mol. The molecule has 0 saturated carbocycles. The molecule has 5 rings (SSSR count). The first-order valence-corrected chi connectivity index (χ1v) is 16.8. The number of ether oxygens (including phenoxy) is 1. The van der Waals surface area contributed by atoms with Crippen molar-refractivity contribution in [3.63, 3.8) is 0 Å². The summed E-state index contributed by atoms with van der Waals surface area (Å²) in [5, 5.41) is 0.672. The minimum atomic E-state index is -3.61. The maximum atomic E-state index is 13.9. The SMILES string of the molecule is CCc1ccc2nc(N(CCCN3CCOCC3)C(=O)c3ccc(S(=O)(=O)N4CCCCC4CC)cc3)sc2c1. The lowest BCUT2D eigenvalue weighted by molar-refractivity contribution is 0.0376. The number of rotatable bonds is 10. The van der Waals surface area contributed by atoms with Crippen LogP contribution in [0.5, 0.6) is 0 Å². The van der Waals surface area contributed by atoms with Gasteiger partial charge >= 0.3 is 0 Å². The second-order valence-electron chi connectivity index (χ2n) is 10.6. The van der Waals surface area contributed by atoms with Crippen molar-refractivity contribution in [3.8, 4) is 0 Å². The fraction of sp³-hybridized carbons (Fsp3) is 0.533. The van der Waals surface area contributed by atoms with E-state index < -0.39 is 10.0 Å². The number of morpholine rings is 1. The van der Waals surface area contributed by atoms with Crippen LogP contribution in [0, 0.1) is 0 Å². The molecule has 1 unspecified atom stereocenters. The summed E-state index contributed by atoms with van der Waals surface area (Å²) < 4.78 is 35.1.